The summed E-state index contributed by atoms with van der Waals surface area (Å²) in [6, 6.07) is 10.4. The Labute approximate surface area is 109 Å². The van der Waals surface area contributed by atoms with Crippen LogP contribution in [0.5, 0.6) is 0 Å². The van der Waals surface area contributed by atoms with Crippen LogP contribution < -0.4 is 5.73 Å². The first kappa shape index (κ1) is 13.1. The lowest BCUT2D eigenvalue weighted by molar-refractivity contribution is -0.133. The number of hydrogen-bond donors (Lipinski definition) is 1. The minimum absolute atomic E-state index is 0.0371. The number of nitrogens with zero attached hydrogens (tertiary/aromatic N) is 1. The molecule has 1 amide bonds. The second-order valence-corrected chi connectivity index (χ2v) is 5.15. The molecule has 0 aliphatic heterocycles. The molecule has 0 aromatic heterocycles. The molecule has 1 aromatic rings. The molecule has 1 unspecified atom stereocenters. The molecule has 1 aliphatic carbocycles. The molecule has 0 bridgehead atoms. The van der Waals surface area contributed by atoms with Crippen LogP contribution in [0.1, 0.15) is 43.7 Å². The van der Waals surface area contributed by atoms with Crippen molar-refractivity contribution in [1.82, 2.24) is 4.90 Å². The standard InChI is InChI=1S/C15H22N2O/c1-17(13-8-5-9-13)15(18)11-10-14(16)12-6-3-2-4-7-12/h2-4,6-7,13-14H,5,8-11,16H2,1H3. The van der Waals surface area contributed by atoms with Crippen LogP contribution in [-0.4, -0.2) is 23.9 Å². The number of rotatable bonds is 5. The fraction of sp³-hybridized carbons (Fsp3) is 0.533. The summed E-state index contributed by atoms with van der Waals surface area (Å²) in [7, 11) is 1.92. The molecule has 1 aliphatic rings. The molecule has 2 N–H and O–H groups in total. The van der Waals surface area contributed by atoms with E-state index in [0.717, 1.165) is 24.8 Å². The summed E-state index contributed by atoms with van der Waals surface area (Å²) in [5, 5.41) is 0. The van der Waals surface area contributed by atoms with Gasteiger partial charge in [0.25, 0.3) is 0 Å². The van der Waals surface area contributed by atoms with Crippen LogP contribution in [0.3, 0.4) is 0 Å². The molecule has 1 atom stereocenters. The number of nitrogens with two attached hydrogens (primary N) is 1. The average molecular weight is 246 g/mol. The van der Waals surface area contributed by atoms with Crippen molar-refractivity contribution in [3.8, 4) is 0 Å². The van der Waals surface area contributed by atoms with E-state index in [2.05, 4.69) is 0 Å². The van der Waals surface area contributed by atoms with Crippen LogP contribution in [0.4, 0.5) is 0 Å². The zero-order valence-corrected chi connectivity index (χ0v) is 11.0. The lowest BCUT2D eigenvalue weighted by atomic mass is 9.91. The Bertz CT molecular complexity index is 387. The number of benzene rings is 1. The minimum Gasteiger partial charge on any atom is -0.343 e. The molecule has 0 spiro atoms. The van der Waals surface area contributed by atoms with E-state index >= 15 is 0 Å². The molecule has 0 saturated heterocycles. The van der Waals surface area contributed by atoms with Crippen LogP contribution in [0.15, 0.2) is 30.3 Å². The molecular formula is C15H22N2O. The predicted octanol–water partition coefficient (Wildman–Crippen LogP) is 2.48. The Hall–Kier alpha value is -1.35. The minimum atomic E-state index is -0.0371. The second-order valence-electron chi connectivity index (χ2n) is 5.15. The molecule has 3 nitrogen and oxygen atoms in total. The maximum Gasteiger partial charge on any atom is 0.222 e. The van der Waals surface area contributed by atoms with Crippen LogP contribution in [0, 0.1) is 0 Å². The molecule has 1 fully saturated rings. The van der Waals surface area contributed by atoms with Gasteiger partial charge in [-0.25, -0.2) is 0 Å². The van der Waals surface area contributed by atoms with Crippen molar-refractivity contribution >= 4 is 5.91 Å². The second kappa shape index (κ2) is 6.01. The summed E-state index contributed by atoms with van der Waals surface area (Å²) in [5.74, 6) is 0.228. The highest BCUT2D eigenvalue weighted by Gasteiger charge is 2.25. The number of carbonyl (C=O) groups excluding carboxylic acids is 1. The van der Waals surface area contributed by atoms with Crippen molar-refractivity contribution in [1.29, 1.82) is 0 Å². The topological polar surface area (TPSA) is 46.3 Å². The first-order chi connectivity index (χ1) is 8.68. The van der Waals surface area contributed by atoms with Gasteiger partial charge in [-0.2, -0.15) is 0 Å². The van der Waals surface area contributed by atoms with E-state index in [1.54, 1.807) is 0 Å². The van der Waals surface area contributed by atoms with Gasteiger partial charge >= 0.3 is 0 Å². The SMILES string of the molecule is CN(C(=O)CCC(N)c1ccccc1)C1CCC1. The summed E-state index contributed by atoms with van der Waals surface area (Å²) in [5.41, 5.74) is 7.20. The van der Waals surface area contributed by atoms with Crippen molar-refractivity contribution in [3.63, 3.8) is 0 Å². The number of carbonyl (C=O) groups is 1. The normalized spacial score (nSPS) is 17.0. The van der Waals surface area contributed by atoms with Gasteiger partial charge in [-0.15, -0.1) is 0 Å². The molecule has 0 radical (unpaired) electrons. The summed E-state index contributed by atoms with van der Waals surface area (Å²) in [4.78, 5) is 13.9. The lowest BCUT2D eigenvalue weighted by Gasteiger charge is -2.35. The average Bonchev–Trinajstić information content (AvgIpc) is 2.34. The Morgan fingerprint density at radius 3 is 2.61 bits per heavy atom. The van der Waals surface area contributed by atoms with Gasteiger partial charge in [0, 0.05) is 25.6 Å². The van der Waals surface area contributed by atoms with E-state index in [-0.39, 0.29) is 11.9 Å². The summed E-state index contributed by atoms with van der Waals surface area (Å²) in [6.45, 7) is 0. The van der Waals surface area contributed by atoms with Gasteiger partial charge in [0.05, 0.1) is 0 Å². The Morgan fingerprint density at radius 2 is 2.06 bits per heavy atom. The smallest absolute Gasteiger partial charge is 0.222 e. The highest BCUT2D eigenvalue weighted by atomic mass is 16.2. The molecule has 0 heterocycles. The molecule has 1 aromatic carbocycles. The number of hydrogen-bond acceptors (Lipinski definition) is 2. The molecular weight excluding hydrogens is 224 g/mol. The molecule has 18 heavy (non-hydrogen) atoms. The number of amides is 1. The summed E-state index contributed by atoms with van der Waals surface area (Å²) in [6.07, 6.45) is 4.84. The molecule has 3 heteroatoms. The van der Waals surface area contributed by atoms with Crippen LogP contribution in [-0.2, 0) is 4.79 Å². The van der Waals surface area contributed by atoms with E-state index < -0.39 is 0 Å². The molecule has 2 rings (SSSR count). The van der Waals surface area contributed by atoms with Crippen molar-refractivity contribution in [2.45, 2.75) is 44.2 Å². The van der Waals surface area contributed by atoms with E-state index in [9.17, 15) is 4.79 Å². The largest absolute Gasteiger partial charge is 0.343 e. The third-order valence-electron chi connectivity index (χ3n) is 3.91. The van der Waals surface area contributed by atoms with Crippen molar-refractivity contribution in [2.24, 2.45) is 5.73 Å². The van der Waals surface area contributed by atoms with Gasteiger partial charge in [0.1, 0.15) is 0 Å². The van der Waals surface area contributed by atoms with Gasteiger partial charge in [0.15, 0.2) is 0 Å². The van der Waals surface area contributed by atoms with Crippen LogP contribution >= 0.6 is 0 Å². The monoisotopic (exact) mass is 246 g/mol. The maximum atomic E-state index is 12.0. The fourth-order valence-corrected chi connectivity index (χ4v) is 2.30. The zero-order valence-electron chi connectivity index (χ0n) is 11.0. The Kier molecular flexibility index (Phi) is 4.37. The third-order valence-corrected chi connectivity index (χ3v) is 3.91. The molecule has 98 valence electrons. The van der Waals surface area contributed by atoms with Crippen molar-refractivity contribution < 1.29 is 4.79 Å². The maximum absolute atomic E-state index is 12.0. The Morgan fingerprint density at radius 1 is 1.39 bits per heavy atom. The summed E-state index contributed by atoms with van der Waals surface area (Å²) < 4.78 is 0. The van der Waals surface area contributed by atoms with Crippen molar-refractivity contribution in [3.05, 3.63) is 35.9 Å². The first-order valence-electron chi connectivity index (χ1n) is 6.74. The quantitative estimate of drug-likeness (QED) is 0.867. The van der Waals surface area contributed by atoms with Gasteiger partial charge in [-0.05, 0) is 31.2 Å². The predicted molar refractivity (Wildman–Crippen MR) is 73.0 cm³/mol. The van der Waals surface area contributed by atoms with Crippen LogP contribution in [0.25, 0.3) is 0 Å². The first-order valence-corrected chi connectivity index (χ1v) is 6.74. The van der Waals surface area contributed by atoms with E-state index in [0.29, 0.717) is 12.5 Å². The van der Waals surface area contributed by atoms with E-state index in [1.165, 1.54) is 6.42 Å². The van der Waals surface area contributed by atoms with E-state index in [1.807, 2.05) is 42.3 Å². The van der Waals surface area contributed by atoms with E-state index in [4.69, 9.17) is 5.73 Å². The fourth-order valence-electron chi connectivity index (χ4n) is 2.30. The van der Waals surface area contributed by atoms with Crippen LogP contribution in [0.2, 0.25) is 0 Å². The van der Waals surface area contributed by atoms with Gasteiger partial charge < -0.3 is 10.6 Å². The van der Waals surface area contributed by atoms with Crippen molar-refractivity contribution in [2.75, 3.05) is 7.05 Å². The highest BCUT2D eigenvalue weighted by Crippen LogP contribution is 2.24. The lowest BCUT2D eigenvalue weighted by Crippen LogP contribution is -2.41. The molecule has 1 saturated carbocycles. The van der Waals surface area contributed by atoms with Gasteiger partial charge in [-0.1, -0.05) is 30.3 Å². The zero-order chi connectivity index (χ0) is 13.0. The van der Waals surface area contributed by atoms with Gasteiger partial charge in [-0.3, -0.25) is 4.79 Å². The Balaban J connectivity index is 1.78. The van der Waals surface area contributed by atoms with Gasteiger partial charge in [0.2, 0.25) is 5.91 Å². The summed E-state index contributed by atoms with van der Waals surface area (Å²) >= 11 is 0. The highest BCUT2D eigenvalue weighted by molar-refractivity contribution is 5.76. The third kappa shape index (κ3) is 3.10.